The SMILES string of the molecule is O=C(CC1CCSCC1)CC1CC2CCC1C2. The summed E-state index contributed by atoms with van der Waals surface area (Å²) in [5.74, 6) is 6.56. The van der Waals surface area contributed by atoms with E-state index in [0.717, 1.165) is 36.5 Å². The zero-order chi connectivity index (χ0) is 11.7. The number of rotatable bonds is 4. The second-order valence-electron chi connectivity index (χ2n) is 6.44. The first-order valence-electron chi connectivity index (χ1n) is 7.40. The molecule has 0 N–H and O–H groups in total. The number of Topliss-reactive ketones (excluding diaryl/α,β-unsaturated/α-hetero) is 1. The molecule has 17 heavy (non-hydrogen) atoms. The minimum absolute atomic E-state index is 0.583. The van der Waals surface area contributed by atoms with E-state index in [1.54, 1.807) is 0 Å². The Balaban J connectivity index is 1.44. The predicted octanol–water partition coefficient (Wildman–Crippen LogP) is 3.92. The van der Waals surface area contributed by atoms with Crippen molar-refractivity contribution >= 4 is 17.5 Å². The molecule has 3 rings (SSSR count). The second kappa shape index (κ2) is 5.34. The van der Waals surface area contributed by atoms with Crippen LogP contribution in [0.25, 0.3) is 0 Å². The highest BCUT2D eigenvalue weighted by Gasteiger charge is 2.40. The Morgan fingerprint density at radius 3 is 2.47 bits per heavy atom. The maximum absolute atomic E-state index is 12.1. The summed E-state index contributed by atoms with van der Waals surface area (Å²) >= 11 is 2.06. The summed E-state index contributed by atoms with van der Waals surface area (Å²) < 4.78 is 0. The van der Waals surface area contributed by atoms with Crippen molar-refractivity contribution in [2.75, 3.05) is 11.5 Å². The van der Waals surface area contributed by atoms with Gasteiger partial charge in [-0.15, -0.1) is 0 Å². The summed E-state index contributed by atoms with van der Waals surface area (Å²) in [5.41, 5.74) is 0. The molecule has 0 radical (unpaired) electrons. The highest BCUT2D eigenvalue weighted by Crippen LogP contribution is 2.49. The number of carbonyl (C=O) groups excluding carboxylic acids is 1. The van der Waals surface area contributed by atoms with Crippen molar-refractivity contribution in [2.45, 2.75) is 51.4 Å². The molecule has 0 aromatic rings. The van der Waals surface area contributed by atoms with Crippen molar-refractivity contribution in [3.05, 3.63) is 0 Å². The molecule has 2 aliphatic carbocycles. The van der Waals surface area contributed by atoms with Gasteiger partial charge in [0.1, 0.15) is 5.78 Å². The number of hydrogen-bond donors (Lipinski definition) is 0. The van der Waals surface area contributed by atoms with E-state index in [4.69, 9.17) is 0 Å². The Kier molecular flexibility index (Phi) is 3.79. The summed E-state index contributed by atoms with van der Waals surface area (Å²) in [6, 6.07) is 0. The van der Waals surface area contributed by atoms with Crippen LogP contribution in [-0.4, -0.2) is 17.3 Å². The van der Waals surface area contributed by atoms with Crippen LogP contribution in [0, 0.1) is 23.7 Å². The highest BCUT2D eigenvalue weighted by atomic mass is 32.2. The number of ketones is 1. The van der Waals surface area contributed by atoms with Crippen molar-refractivity contribution < 1.29 is 4.79 Å². The van der Waals surface area contributed by atoms with Crippen LogP contribution in [0.3, 0.4) is 0 Å². The molecule has 0 amide bonds. The topological polar surface area (TPSA) is 17.1 Å². The largest absolute Gasteiger partial charge is 0.300 e. The molecule has 1 aliphatic heterocycles. The van der Waals surface area contributed by atoms with Crippen molar-refractivity contribution in [2.24, 2.45) is 23.7 Å². The highest BCUT2D eigenvalue weighted by molar-refractivity contribution is 7.99. The number of fused-ring (bicyclic) bond motifs is 2. The quantitative estimate of drug-likeness (QED) is 0.754. The molecule has 3 atom stereocenters. The van der Waals surface area contributed by atoms with E-state index in [0.29, 0.717) is 5.78 Å². The van der Waals surface area contributed by atoms with Crippen LogP contribution in [0.4, 0.5) is 0 Å². The summed E-state index contributed by atoms with van der Waals surface area (Å²) in [6.07, 6.45) is 10.1. The lowest BCUT2D eigenvalue weighted by atomic mass is 9.83. The third-order valence-electron chi connectivity index (χ3n) is 5.23. The van der Waals surface area contributed by atoms with E-state index < -0.39 is 0 Å². The van der Waals surface area contributed by atoms with Crippen molar-refractivity contribution in [1.82, 2.24) is 0 Å². The Labute approximate surface area is 109 Å². The molecule has 1 nitrogen and oxygen atoms in total. The van der Waals surface area contributed by atoms with Gasteiger partial charge in [0.2, 0.25) is 0 Å². The van der Waals surface area contributed by atoms with Crippen LogP contribution in [0.1, 0.15) is 51.4 Å². The molecule has 1 heterocycles. The van der Waals surface area contributed by atoms with E-state index in [2.05, 4.69) is 11.8 Å². The van der Waals surface area contributed by atoms with Gasteiger partial charge >= 0.3 is 0 Å². The summed E-state index contributed by atoms with van der Waals surface area (Å²) in [5, 5.41) is 0. The Bertz CT molecular complexity index is 283. The normalized spacial score (nSPS) is 37.5. The smallest absolute Gasteiger partial charge is 0.133 e. The monoisotopic (exact) mass is 252 g/mol. The zero-order valence-corrected chi connectivity index (χ0v) is 11.5. The van der Waals surface area contributed by atoms with Gasteiger partial charge in [0.05, 0.1) is 0 Å². The van der Waals surface area contributed by atoms with E-state index in [1.807, 2.05) is 0 Å². The van der Waals surface area contributed by atoms with Gasteiger partial charge in [-0.3, -0.25) is 4.79 Å². The molecule has 2 saturated carbocycles. The first-order chi connectivity index (χ1) is 8.31. The maximum atomic E-state index is 12.1. The number of thioether (sulfide) groups is 1. The van der Waals surface area contributed by atoms with Crippen molar-refractivity contribution in [1.29, 1.82) is 0 Å². The third-order valence-corrected chi connectivity index (χ3v) is 6.28. The fourth-order valence-corrected chi connectivity index (χ4v) is 5.48. The summed E-state index contributed by atoms with van der Waals surface area (Å²) in [7, 11) is 0. The van der Waals surface area contributed by atoms with Crippen LogP contribution >= 0.6 is 11.8 Å². The standard InChI is InChI=1S/C15H24OS/c16-15(9-11-3-5-17-6-4-11)10-14-8-12-1-2-13(14)7-12/h11-14H,1-10H2. The molecular weight excluding hydrogens is 228 g/mol. The predicted molar refractivity (Wildman–Crippen MR) is 73.2 cm³/mol. The van der Waals surface area contributed by atoms with Crippen LogP contribution in [0.5, 0.6) is 0 Å². The van der Waals surface area contributed by atoms with Crippen molar-refractivity contribution in [3.63, 3.8) is 0 Å². The van der Waals surface area contributed by atoms with Gasteiger partial charge in [-0.2, -0.15) is 11.8 Å². The molecule has 0 aromatic heterocycles. The van der Waals surface area contributed by atoms with Crippen LogP contribution in [0.2, 0.25) is 0 Å². The molecule has 96 valence electrons. The Hall–Kier alpha value is 0.0200. The van der Waals surface area contributed by atoms with Crippen LogP contribution in [-0.2, 0) is 4.79 Å². The van der Waals surface area contributed by atoms with E-state index in [1.165, 1.54) is 50.0 Å². The lowest BCUT2D eigenvalue weighted by Gasteiger charge is -2.23. The molecule has 0 spiro atoms. The zero-order valence-electron chi connectivity index (χ0n) is 10.7. The first-order valence-corrected chi connectivity index (χ1v) is 8.56. The number of hydrogen-bond acceptors (Lipinski definition) is 2. The van der Waals surface area contributed by atoms with Crippen molar-refractivity contribution in [3.8, 4) is 0 Å². The molecule has 3 unspecified atom stereocenters. The van der Waals surface area contributed by atoms with Gasteiger partial charge in [-0.25, -0.2) is 0 Å². The fourth-order valence-electron chi connectivity index (χ4n) is 4.27. The first kappa shape index (κ1) is 12.1. The molecule has 2 bridgehead atoms. The van der Waals surface area contributed by atoms with Crippen LogP contribution < -0.4 is 0 Å². The average molecular weight is 252 g/mol. The van der Waals surface area contributed by atoms with E-state index >= 15 is 0 Å². The molecular formula is C15H24OS. The van der Waals surface area contributed by atoms with Gasteiger partial charge in [0, 0.05) is 12.8 Å². The average Bonchev–Trinajstić information content (AvgIpc) is 2.92. The molecule has 0 aromatic carbocycles. The molecule has 3 aliphatic rings. The second-order valence-corrected chi connectivity index (χ2v) is 7.66. The summed E-state index contributed by atoms with van der Waals surface area (Å²) in [6.45, 7) is 0. The molecule has 2 heteroatoms. The van der Waals surface area contributed by atoms with Gasteiger partial charge in [0.15, 0.2) is 0 Å². The molecule has 1 saturated heterocycles. The summed E-state index contributed by atoms with van der Waals surface area (Å²) in [4.78, 5) is 12.1. The number of carbonyl (C=O) groups is 1. The van der Waals surface area contributed by atoms with Gasteiger partial charge in [-0.05, 0) is 67.3 Å². The lowest BCUT2D eigenvalue weighted by molar-refractivity contribution is -0.121. The lowest BCUT2D eigenvalue weighted by Crippen LogP contribution is -2.19. The Morgan fingerprint density at radius 2 is 1.82 bits per heavy atom. The fraction of sp³-hybridized carbons (Fsp3) is 0.933. The van der Waals surface area contributed by atoms with Gasteiger partial charge in [0.25, 0.3) is 0 Å². The Morgan fingerprint density at radius 1 is 1.00 bits per heavy atom. The van der Waals surface area contributed by atoms with Crippen LogP contribution in [0.15, 0.2) is 0 Å². The van der Waals surface area contributed by atoms with E-state index in [9.17, 15) is 4.79 Å². The van der Waals surface area contributed by atoms with E-state index in [-0.39, 0.29) is 0 Å². The minimum atomic E-state index is 0.583. The third kappa shape index (κ3) is 2.89. The maximum Gasteiger partial charge on any atom is 0.133 e. The molecule has 3 fully saturated rings. The van der Waals surface area contributed by atoms with Gasteiger partial charge < -0.3 is 0 Å². The minimum Gasteiger partial charge on any atom is -0.300 e. The van der Waals surface area contributed by atoms with Gasteiger partial charge in [-0.1, -0.05) is 6.42 Å².